The summed E-state index contributed by atoms with van der Waals surface area (Å²) in [6.07, 6.45) is 1.02. The van der Waals surface area contributed by atoms with Gasteiger partial charge in [0.15, 0.2) is 0 Å². The Labute approximate surface area is 108 Å². The predicted octanol–water partition coefficient (Wildman–Crippen LogP) is 2.77. The molecule has 18 heavy (non-hydrogen) atoms. The second kappa shape index (κ2) is 6.50. The number of hydrogen-bond donors (Lipinski definition) is 2. The Morgan fingerprint density at radius 2 is 1.94 bits per heavy atom. The van der Waals surface area contributed by atoms with Crippen LogP contribution in [0.15, 0.2) is 42.5 Å². The molecule has 0 aliphatic heterocycles. The van der Waals surface area contributed by atoms with Gasteiger partial charge in [0.1, 0.15) is 0 Å². The fourth-order valence-corrected chi connectivity index (χ4v) is 2.01. The summed E-state index contributed by atoms with van der Waals surface area (Å²) in [6, 6.07) is 14.7. The summed E-state index contributed by atoms with van der Waals surface area (Å²) in [4.78, 5) is 0. The lowest BCUT2D eigenvalue weighted by Gasteiger charge is -2.17. The zero-order valence-electron chi connectivity index (χ0n) is 10.7. The Morgan fingerprint density at radius 1 is 1.17 bits per heavy atom. The maximum atomic E-state index is 5.60. The number of ether oxygens (including phenoxy) is 1. The summed E-state index contributed by atoms with van der Waals surface area (Å²) in [6.45, 7) is 3.47. The third kappa shape index (κ3) is 3.07. The van der Waals surface area contributed by atoms with Gasteiger partial charge in [-0.3, -0.25) is 11.3 Å². The van der Waals surface area contributed by atoms with E-state index >= 15 is 0 Å². The third-order valence-corrected chi connectivity index (χ3v) is 3.01. The van der Waals surface area contributed by atoms with Crippen molar-refractivity contribution in [1.82, 2.24) is 5.43 Å². The molecular formula is C15H20N2O. The summed E-state index contributed by atoms with van der Waals surface area (Å²) >= 11 is 0. The highest BCUT2D eigenvalue weighted by Gasteiger charge is 2.09. The van der Waals surface area contributed by atoms with Crippen LogP contribution in [-0.4, -0.2) is 13.2 Å². The van der Waals surface area contributed by atoms with Crippen molar-refractivity contribution in [3.8, 4) is 0 Å². The minimum Gasteiger partial charge on any atom is -0.379 e. The van der Waals surface area contributed by atoms with E-state index < -0.39 is 0 Å². The van der Waals surface area contributed by atoms with E-state index in [2.05, 4.69) is 42.7 Å². The molecule has 0 fully saturated rings. The monoisotopic (exact) mass is 244 g/mol. The highest BCUT2D eigenvalue weighted by Crippen LogP contribution is 2.20. The van der Waals surface area contributed by atoms with E-state index in [1.54, 1.807) is 0 Å². The highest BCUT2D eigenvalue weighted by atomic mass is 16.5. The van der Waals surface area contributed by atoms with Crippen molar-refractivity contribution in [2.75, 3.05) is 13.2 Å². The largest absolute Gasteiger partial charge is 0.379 e. The van der Waals surface area contributed by atoms with Gasteiger partial charge in [0.25, 0.3) is 0 Å². The van der Waals surface area contributed by atoms with Crippen LogP contribution < -0.4 is 11.3 Å². The second-order valence-corrected chi connectivity index (χ2v) is 4.40. The van der Waals surface area contributed by atoms with Gasteiger partial charge in [-0.1, -0.05) is 43.3 Å². The molecule has 2 rings (SSSR count). The van der Waals surface area contributed by atoms with Crippen molar-refractivity contribution in [3.63, 3.8) is 0 Å². The minimum atomic E-state index is 0.0427. The summed E-state index contributed by atoms with van der Waals surface area (Å²) in [7, 11) is 0. The molecule has 0 heterocycles. The molecule has 0 saturated heterocycles. The van der Waals surface area contributed by atoms with Crippen molar-refractivity contribution in [1.29, 1.82) is 0 Å². The molecule has 1 atom stereocenters. The van der Waals surface area contributed by atoms with Crippen molar-refractivity contribution >= 4 is 10.8 Å². The molecule has 0 aliphatic rings. The molecule has 3 heteroatoms. The first kappa shape index (κ1) is 13.0. The first-order valence-corrected chi connectivity index (χ1v) is 6.37. The molecule has 3 N–H and O–H groups in total. The SMILES string of the molecule is CCCOCC(NN)c1ccc2ccccc2c1. The molecule has 0 bridgehead atoms. The molecule has 0 amide bonds. The van der Waals surface area contributed by atoms with E-state index in [1.807, 2.05) is 12.1 Å². The lowest BCUT2D eigenvalue weighted by Crippen LogP contribution is -2.31. The van der Waals surface area contributed by atoms with Gasteiger partial charge >= 0.3 is 0 Å². The van der Waals surface area contributed by atoms with Crippen LogP contribution in [0, 0.1) is 0 Å². The number of nitrogens with one attached hydrogen (secondary N) is 1. The zero-order valence-corrected chi connectivity index (χ0v) is 10.7. The number of nitrogens with two attached hydrogens (primary N) is 1. The fraction of sp³-hybridized carbons (Fsp3) is 0.333. The Morgan fingerprint density at radius 3 is 2.67 bits per heavy atom. The van der Waals surface area contributed by atoms with Crippen molar-refractivity contribution in [3.05, 3.63) is 48.0 Å². The third-order valence-electron chi connectivity index (χ3n) is 3.01. The Hall–Kier alpha value is -1.42. The van der Waals surface area contributed by atoms with Crippen LogP contribution in [0.2, 0.25) is 0 Å². The summed E-state index contributed by atoms with van der Waals surface area (Å²) in [5, 5.41) is 2.47. The van der Waals surface area contributed by atoms with Crippen molar-refractivity contribution < 1.29 is 4.74 Å². The van der Waals surface area contributed by atoms with Crippen LogP contribution in [0.25, 0.3) is 10.8 Å². The number of rotatable bonds is 6. The van der Waals surface area contributed by atoms with Gasteiger partial charge in [0.2, 0.25) is 0 Å². The van der Waals surface area contributed by atoms with E-state index in [9.17, 15) is 0 Å². The molecule has 0 aromatic heterocycles. The summed E-state index contributed by atoms with van der Waals surface area (Å²) in [5.74, 6) is 5.60. The number of hydrazine groups is 1. The Balaban J connectivity index is 2.17. The molecule has 1 unspecified atom stereocenters. The predicted molar refractivity (Wildman–Crippen MR) is 75.1 cm³/mol. The molecule has 2 aromatic rings. The molecule has 0 radical (unpaired) electrons. The van der Waals surface area contributed by atoms with E-state index in [0.29, 0.717) is 6.61 Å². The average Bonchev–Trinajstić information content (AvgIpc) is 2.43. The van der Waals surface area contributed by atoms with Gasteiger partial charge in [-0.25, -0.2) is 0 Å². The molecule has 0 aliphatic carbocycles. The van der Waals surface area contributed by atoms with Gasteiger partial charge in [-0.2, -0.15) is 0 Å². The van der Waals surface area contributed by atoms with Crippen LogP contribution in [0.5, 0.6) is 0 Å². The summed E-state index contributed by atoms with van der Waals surface area (Å²) in [5.41, 5.74) is 3.98. The molecular weight excluding hydrogens is 224 g/mol. The van der Waals surface area contributed by atoms with Crippen LogP contribution in [-0.2, 0) is 4.74 Å². The normalized spacial score (nSPS) is 12.8. The minimum absolute atomic E-state index is 0.0427. The van der Waals surface area contributed by atoms with Gasteiger partial charge in [0, 0.05) is 6.61 Å². The van der Waals surface area contributed by atoms with Crippen molar-refractivity contribution in [2.45, 2.75) is 19.4 Å². The van der Waals surface area contributed by atoms with Crippen LogP contribution in [0.1, 0.15) is 24.9 Å². The quantitative estimate of drug-likeness (QED) is 0.466. The Kier molecular flexibility index (Phi) is 4.70. The smallest absolute Gasteiger partial charge is 0.0694 e. The Bertz CT molecular complexity index is 499. The number of benzene rings is 2. The topological polar surface area (TPSA) is 47.3 Å². The standard InChI is InChI=1S/C15H20N2O/c1-2-9-18-11-15(17-16)14-8-7-12-5-3-4-6-13(12)10-14/h3-8,10,15,17H,2,9,11,16H2,1H3. The lowest BCUT2D eigenvalue weighted by molar-refractivity contribution is 0.112. The maximum absolute atomic E-state index is 5.60. The van der Waals surface area contributed by atoms with Gasteiger partial charge in [0.05, 0.1) is 12.6 Å². The van der Waals surface area contributed by atoms with Gasteiger partial charge in [-0.15, -0.1) is 0 Å². The van der Waals surface area contributed by atoms with E-state index in [1.165, 1.54) is 10.8 Å². The fourth-order valence-electron chi connectivity index (χ4n) is 2.01. The average molecular weight is 244 g/mol. The molecule has 3 nitrogen and oxygen atoms in total. The van der Waals surface area contributed by atoms with Crippen LogP contribution in [0.4, 0.5) is 0 Å². The maximum Gasteiger partial charge on any atom is 0.0694 e. The lowest BCUT2D eigenvalue weighted by atomic mass is 10.0. The van der Waals surface area contributed by atoms with E-state index in [-0.39, 0.29) is 6.04 Å². The van der Waals surface area contributed by atoms with Crippen molar-refractivity contribution in [2.24, 2.45) is 5.84 Å². The highest BCUT2D eigenvalue weighted by molar-refractivity contribution is 5.83. The number of hydrogen-bond acceptors (Lipinski definition) is 3. The number of fused-ring (bicyclic) bond motifs is 1. The molecule has 0 saturated carbocycles. The van der Waals surface area contributed by atoms with Gasteiger partial charge in [-0.05, 0) is 28.8 Å². The second-order valence-electron chi connectivity index (χ2n) is 4.40. The molecule has 2 aromatic carbocycles. The van der Waals surface area contributed by atoms with Crippen LogP contribution >= 0.6 is 0 Å². The van der Waals surface area contributed by atoms with Crippen LogP contribution in [0.3, 0.4) is 0 Å². The van der Waals surface area contributed by atoms with Gasteiger partial charge < -0.3 is 4.74 Å². The van der Waals surface area contributed by atoms with E-state index in [0.717, 1.165) is 18.6 Å². The molecule has 96 valence electrons. The first-order chi connectivity index (χ1) is 8.85. The van der Waals surface area contributed by atoms with E-state index in [4.69, 9.17) is 10.6 Å². The zero-order chi connectivity index (χ0) is 12.8. The molecule has 0 spiro atoms. The summed E-state index contributed by atoms with van der Waals surface area (Å²) < 4.78 is 5.56. The first-order valence-electron chi connectivity index (χ1n) is 6.37.